The molecule has 2 heterocycles. The highest BCUT2D eigenvalue weighted by Crippen LogP contribution is 2.15. The molecule has 0 radical (unpaired) electrons. The fourth-order valence-corrected chi connectivity index (χ4v) is 2.24. The molecule has 4 nitrogen and oxygen atoms in total. The van der Waals surface area contributed by atoms with E-state index in [9.17, 15) is 0 Å². The molecule has 0 saturated carbocycles. The highest BCUT2D eigenvalue weighted by Gasteiger charge is 2.02. The van der Waals surface area contributed by atoms with Gasteiger partial charge in [-0.05, 0) is 24.3 Å². The van der Waals surface area contributed by atoms with Crippen LogP contribution in [0.5, 0.6) is 0 Å². The van der Waals surface area contributed by atoms with Gasteiger partial charge in [-0.3, -0.25) is 0 Å². The first-order valence-corrected chi connectivity index (χ1v) is 7.12. The van der Waals surface area contributed by atoms with E-state index in [0.717, 1.165) is 28.8 Å². The first-order chi connectivity index (χ1) is 8.88. The molecule has 0 atom stereocenters. The predicted octanol–water partition coefficient (Wildman–Crippen LogP) is 2.35. The average molecular weight is 266 g/mol. The van der Waals surface area contributed by atoms with E-state index in [1.165, 1.54) is 0 Å². The van der Waals surface area contributed by atoms with Gasteiger partial charge in [0.25, 0.3) is 0 Å². The molecule has 0 saturated heterocycles. The second-order valence-corrected chi connectivity index (χ2v) is 5.00. The van der Waals surface area contributed by atoms with Crippen LogP contribution in [0.15, 0.2) is 39.4 Å². The summed E-state index contributed by atoms with van der Waals surface area (Å²) >= 11 is 1.79. The van der Waals surface area contributed by atoms with Crippen LogP contribution in [0, 0.1) is 0 Å². The van der Waals surface area contributed by atoms with Crippen LogP contribution < -0.4 is 11.1 Å². The van der Waals surface area contributed by atoms with Crippen LogP contribution in [0.1, 0.15) is 17.3 Å². The number of thioether (sulfide) groups is 1. The molecular weight excluding hydrogens is 248 g/mol. The molecular formula is C13H18N2O2S. The Kier molecular flexibility index (Phi) is 5.38. The molecule has 0 fully saturated rings. The van der Waals surface area contributed by atoms with Crippen LogP contribution in [0.25, 0.3) is 0 Å². The minimum Gasteiger partial charge on any atom is -0.468 e. The van der Waals surface area contributed by atoms with Crippen LogP contribution in [0.4, 0.5) is 0 Å². The van der Waals surface area contributed by atoms with Crippen molar-refractivity contribution in [3.05, 3.63) is 47.8 Å². The number of nitrogens with two attached hydrogens (primary N) is 1. The largest absolute Gasteiger partial charge is 0.468 e. The third kappa shape index (κ3) is 4.25. The monoisotopic (exact) mass is 266 g/mol. The summed E-state index contributed by atoms with van der Waals surface area (Å²) in [5.41, 5.74) is 5.44. The van der Waals surface area contributed by atoms with Crippen molar-refractivity contribution in [3.8, 4) is 0 Å². The molecule has 0 spiro atoms. The Bertz CT molecular complexity index is 440. The highest BCUT2D eigenvalue weighted by atomic mass is 32.2. The molecule has 2 aromatic rings. The first-order valence-electron chi connectivity index (χ1n) is 5.97. The molecule has 18 heavy (non-hydrogen) atoms. The van der Waals surface area contributed by atoms with Crippen LogP contribution in [0.2, 0.25) is 0 Å². The molecule has 3 N–H and O–H groups in total. The maximum atomic E-state index is 5.69. The molecule has 2 rings (SSSR count). The van der Waals surface area contributed by atoms with Crippen molar-refractivity contribution < 1.29 is 8.83 Å². The Balaban J connectivity index is 1.69. The minimum atomic E-state index is 0.711. The summed E-state index contributed by atoms with van der Waals surface area (Å²) in [6, 6.07) is 7.86. The van der Waals surface area contributed by atoms with Crippen LogP contribution in [-0.2, 0) is 18.8 Å². The predicted molar refractivity (Wildman–Crippen MR) is 73.2 cm³/mol. The summed E-state index contributed by atoms with van der Waals surface area (Å²) in [4.78, 5) is 0. The van der Waals surface area contributed by atoms with Crippen LogP contribution >= 0.6 is 11.8 Å². The Morgan fingerprint density at radius 3 is 2.72 bits per heavy atom. The molecule has 98 valence electrons. The van der Waals surface area contributed by atoms with Crippen molar-refractivity contribution in [2.24, 2.45) is 5.73 Å². The van der Waals surface area contributed by atoms with Gasteiger partial charge in [0.2, 0.25) is 0 Å². The zero-order valence-electron chi connectivity index (χ0n) is 10.2. The standard InChI is InChI=1S/C13H18N2O2S/c14-5-7-18-10-13-4-3-12(17-13)9-15-8-11-2-1-6-16-11/h1-4,6,15H,5,7-10,14H2. The molecule has 0 unspecified atom stereocenters. The summed E-state index contributed by atoms with van der Waals surface area (Å²) in [5, 5.41) is 3.27. The van der Waals surface area contributed by atoms with E-state index in [-0.39, 0.29) is 0 Å². The number of rotatable bonds is 8. The molecule has 5 heteroatoms. The molecule has 0 bridgehead atoms. The lowest BCUT2D eigenvalue weighted by Gasteiger charge is -2.00. The zero-order valence-corrected chi connectivity index (χ0v) is 11.0. The van der Waals surface area contributed by atoms with E-state index in [4.69, 9.17) is 14.6 Å². The summed E-state index contributed by atoms with van der Waals surface area (Å²) in [6.07, 6.45) is 1.68. The van der Waals surface area contributed by atoms with Gasteiger partial charge in [0.1, 0.15) is 17.3 Å². The third-order valence-electron chi connectivity index (χ3n) is 2.40. The Morgan fingerprint density at radius 2 is 1.94 bits per heavy atom. The summed E-state index contributed by atoms with van der Waals surface area (Å²) < 4.78 is 10.9. The lowest BCUT2D eigenvalue weighted by molar-refractivity contribution is 0.439. The quantitative estimate of drug-likeness (QED) is 0.718. The highest BCUT2D eigenvalue weighted by molar-refractivity contribution is 7.98. The fraction of sp³-hybridized carbons (Fsp3) is 0.385. The van der Waals surface area contributed by atoms with E-state index in [1.807, 2.05) is 24.3 Å². The Hall–Kier alpha value is -1.17. The lowest BCUT2D eigenvalue weighted by Crippen LogP contribution is -2.11. The van der Waals surface area contributed by atoms with E-state index >= 15 is 0 Å². The van der Waals surface area contributed by atoms with Gasteiger partial charge in [-0.1, -0.05) is 0 Å². The summed E-state index contributed by atoms with van der Waals surface area (Å²) in [6.45, 7) is 2.14. The van der Waals surface area contributed by atoms with Gasteiger partial charge in [-0.25, -0.2) is 0 Å². The topological polar surface area (TPSA) is 64.3 Å². The van der Waals surface area contributed by atoms with E-state index in [1.54, 1.807) is 18.0 Å². The summed E-state index contributed by atoms with van der Waals surface area (Å²) in [7, 11) is 0. The van der Waals surface area contributed by atoms with Gasteiger partial charge < -0.3 is 19.9 Å². The van der Waals surface area contributed by atoms with Crippen molar-refractivity contribution in [2.75, 3.05) is 12.3 Å². The second-order valence-electron chi connectivity index (χ2n) is 3.89. The van der Waals surface area contributed by atoms with Gasteiger partial charge in [-0.15, -0.1) is 0 Å². The molecule has 0 amide bonds. The smallest absolute Gasteiger partial charge is 0.118 e. The SMILES string of the molecule is NCCSCc1ccc(CNCc2ccco2)o1. The fourth-order valence-electron chi connectivity index (χ4n) is 1.57. The van der Waals surface area contributed by atoms with E-state index < -0.39 is 0 Å². The number of hydrogen-bond donors (Lipinski definition) is 2. The average Bonchev–Trinajstić information content (AvgIpc) is 3.01. The number of furan rings is 2. The maximum Gasteiger partial charge on any atom is 0.118 e. The van der Waals surface area contributed by atoms with E-state index in [2.05, 4.69) is 5.32 Å². The van der Waals surface area contributed by atoms with Gasteiger partial charge in [0, 0.05) is 12.3 Å². The third-order valence-corrected chi connectivity index (χ3v) is 3.42. The molecule has 0 aliphatic heterocycles. The normalized spacial score (nSPS) is 10.9. The molecule has 0 aliphatic rings. The first kappa shape index (κ1) is 13.3. The number of nitrogens with one attached hydrogen (secondary N) is 1. The van der Waals surface area contributed by atoms with Crippen LogP contribution in [0.3, 0.4) is 0 Å². The Labute approximate surface area is 111 Å². The Morgan fingerprint density at radius 1 is 1.11 bits per heavy atom. The van der Waals surface area contributed by atoms with Gasteiger partial charge >= 0.3 is 0 Å². The van der Waals surface area contributed by atoms with E-state index in [0.29, 0.717) is 19.6 Å². The number of hydrogen-bond acceptors (Lipinski definition) is 5. The van der Waals surface area contributed by atoms with Crippen LogP contribution in [-0.4, -0.2) is 12.3 Å². The molecule has 2 aromatic heterocycles. The maximum absolute atomic E-state index is 5.69. The van der Waals surface area contributed by atoms with Gasteiger partial charge in [0.15, 0.2) is 0 Å². The van der Waals surface area contributed by atoms with Crippen molar-refractivity contribution in [3.63, 3.8) is 0 Å². The summed E-state index contributed by atoms with van der Waals surface area (Å²) in [5.74, 6) is 4.73. The van der Waals surface area contributed by atoms with Gasteiger partial charge in [-0.2, -0.15) is 11.8 Å². The second kappa shape index (κ2) is 7.31. The lowest BCUT2D eigenvalue weighted by atomic mass is 10.4. The van der Waals surface area contributed by atoms with Crippen molar-refractivity contribution in [1.29, 1.82) is 0 Å². The van der Waals surface area contributed by atoms with Crippen molar-refractivity contribution in [1.82, 2.24) is 5.32 Å². The molecule has 0 aliphatic carbocycles. The van der Waals surface area contributed by atoms with Crippen molar-refractivity contribution >= 4 is 11.8 Å². The van der Waals surface area contributed by atoms with Crippen molar-refractivity contribution in [2.45, 2.75) is 18.8 Å². The van der Waals surface area contributed by atoms with Gasteiger partial charge in [0.05, 0.1) is 25.1 Å². The zero-order chi connectivity index (χ0) is 12.6. The molecule has 0 aromatic carbocycles. The minimum absolute atomic E-state index is 0.711.